The summed E-state index contributed by atoms with van der Waals surface area (Å²) < 4.78 is 0. The first-order chi connectivity index (χ1) is 5.77. The van der Waals surface area contributed by atoms with Crippen molar-refractivity contribution < 1.29 is 0 Å². The molecule has 0 aromatic carbocycles. The van der Waals surface area contributed by atoms with E-state index in [1.165, 1.54) is 24.5 Å². The van der Waals surface area contributed by atoms with Gasteiger partial charge in [0.15, 0.2) is 0 Å². The van der Waals surface area contributed by atoms with Crippen molar-refractivity contribution in [2.45, 2.75) is 44.8 Å². The van der Waals surface area contributed by atoms with E-state index in [4.69, 9.17) is 0 Å². The van der Waals surface area contributed by atoms with Gasteiger partial charge in [0.1, 0.15) is 0 Å². The molecule has 2 rings (SSSR count). The number of allylic oxidation sites excluding steroid dienone is 4. The Morgan fingerprint density at radius 2 is 2.17 bits per heavy atom. The molecule has 1 heterocycles. The largest absolute Gasteiger partial charge is 0.0816 e. The Kier molecular flexibility index (Phi) is 1.99. The average Bonchev–Trinajstić information content (AvgIpc) is 2.35. The Morgan fingerprint density at radius 1 is 1.42 bits per heavy atom. The molecule has 1 aliphatic carbocycles. The Balaban J connectivity index is 2.14. The van der Waals surface area contributed by atoms with Crippen LogP contribution >= 0.6 is 0 Å². The van der Waals surface area contributed by atoms with Crippen LogP contribution in [0, 0.1) is 0 Å². The summed E-state index contributed by atoms with van der Waals surface area (Å²) in [6.45, 7) is 4.64. The maximum Gasteiger partial charge on any atom is 0.0816 e. The van der Waals surface area contributed by atoms with Crippen LogP contribution in [0.3, 0.4) is 0 Å². The highest BCUT2D eigenvalue weighted by molar-refractivity contribution is 6.88. The van der Waals surface area contributed by atoms with Gasteiger partial charge in [-0.05, 0) is 13.3 Å². The Hall–Kier alpha value is -0.303. The molecule has 0 atom stereocenters. The van der Waals surface area contributed by atoms with Gasteiger partial charge in [-0.2, -0.15) is 0 Å². The van der Waals surface area contributed by atoms with Crippen molar-refractivity contribution in [2.24, 2.45) is 0 Å². The zero-order chi connectivity index (χ0) is 8.60. The first kappa shape index (κ1) is 8.30. The van der Waals surface area contributed by atoms with E-state index in [0.717, 1.165) is 0 Å². The molecule has 2 aliphatic rings. The summed E-state index contributed by atoms with van der Waals surface area (Å²) in [6, 6.07) is 4.65. The normalized spacial score (nSPS) is 26.2. The second kappa shape index (κ2) is 2.88. The third kappa shape index (κ3) is 1.11. The molecule has 0 N–H and O–H groups in total. The molecule has 1 fully saturated rings. The third-order valence-corrected chi connectivity index (χ3v) is 9.40. The molecule has 12 heavy (non-hydrogen) atoms. The predicted molar refractivity (Wildman–Crippen MR) is 56.9 cm³/mol. The molecule has 0 aromatic heterocycles. The van der Waals surface area contributed by atoms with Gasteiger partial charge in [-0.1, -0.05) is 54.4 Å². The zero-order valence-electron chi connectivity index (χ0n) is 8.19. The molecule has 1 saturated heterocycles. The molecular weight excluding hydrogens is 160 g/mol. The van der Waals surface area contributed by atoms with E-state index in [1.807, 2.05) is 5.20 Å². The van der Waals surface area contributed by atoms with E-state index in [0.29, 0.717) is 0 Å². The maximum atomic E-state index is 2.48. The molecule has 0 radical (unpaired) electrons. The lowest BCUT2D eigenvalue weighted by molar-refractivity contribution is 0.880. The van der Waals surface area contributed by atoms with E-state index in [2.05, 4.69) is 26.0 Å². The first-order valence-corrected chi connectivity index (χ1v) is 7.77. The molecular formula is C11H18Si. The van der Waals surface area contributed by atoms with Crippen LogP contribution < -0.4 is 0 Å². The SMILES string of the molecule is CC[Si]1(C2=CC(C)=CC2)CCC1. The van der Waals surface area contributed by atoms with Gasteiger partial charge in [0.05, 0.1) is 8.07 Å². The maximum absolute atomic E-state index is 2.48. The second-order valence-corrected chi connectivity index (χ2v) is 9.22. The molecule has 0 spiro atoms. The zero-order valence-corrected chi connectivity index (χ0v) is 9.19. The summed E-state index contributed by atoms with van der Waals surface area (Å²) in [5, 5.41) is 1.86. The summed E-state index contributed by atoms with van der Waals surface area (Å²) in [4.78, 5) is 0. The quantitative estimate of drug-likeness (QED) is 0.566. The minimum absolute atomic E-state index is 0.816. The summed E-state index contributed by atoms with van der Waals surface area (Å²) in [6.07, 6.45) is 7.69. The Morgan fingerprint density at radius 3 is 2.50 bits per heavy atom. The fraction of sp³-hybridized carbons (Fsp3) is 0.636. The van der Waals surface area contributed by atoms with Crippen molar-refractivity contribution in [2.75, 3.05) is 0 Å². The number of hydrogen-bond donors (Lipinski definition) is 0. The van der Waals surface area contributed by atoms with Crippen LogP contribution in [-0.4, -0.2) is 8.07 Å². The van der Waals surface area contributed by atoms with Gasteiger partial charge in [0, 0.05) is 0 Å². The molecule has 0 unspecified atom stereocenters. The highest BCUT2D eigenvalue weighted by Crippen LogP contribution is 2.44. The lowest BCUT2D eigenvalue weighted by Crippen LogP contribution is -2.42. The molecule has 0 nitrogen and oxygen atoms in total. The third-order valence-electron chi connectivity index (χ3n) is 3.71. The van der Waals surface area contributed by atoms with Crippen molar-refractivity contribution in [3.8, 4) is 0 Å². The van der Waals surface area contributed by atoms with E-state index < -0.39 is 8.07 Å². The lowest BCUT2D eigenvalue weighted by atomic mass is 10.3. The minimum Gasteiger partial charge on any atom is -0.0779 e. The van der Waals surface area contributed by atoms with Crippen molar-refractivity contribution in [1.82, 2.24) is 0 Å². The van der Waals surface area contributed by atoms with Gasteiger partial charge in [-0.3, -0.25) is 0 Å². The van der Waals surface area contributed by atoms with E-state index in [-0.39, 0.29) is 0 Å². The molecule has 66 valence electrons. The predicted octanol–water partition coefficient (Wildman–Crippen LogP) is 3.67. The van der Waals surface area contributed by atoms with Crippen molar-refractivity contribution in [3.63, 3.8) is 0 Å². The number of hydrogen-bond acceptors (Lipinski definition) is 0. The fourth-order valence-corrected chi connectivity index (χ4v) is 6.62. The highest BCUT2D eigenvalue weighted by Gasteiger charge is 2.40. The van der Waals surface area contributed by atoms with Crippen molar-refractivity contribution >= 4 is 8.07 Å². The molecule has 0 amide bonds. The minimum atomic E-state index is -0.816. The monoisotopic (exact) mass is 178 g/mol. The van der Waals surface area contributed by atoms with Crippen LogP contribution in [0.25, 0.3) is 0 Å². The van der Waals surface area contributed by atoms with E-state index >= 15 is 0 Å². The van der Waals surface area contributed by atoms with Gasteiger partial charge >= 0.3 is 0 Å². The van der Waals surface area contributed by atoms with Crippen LogP contribution in [0.2, 0.25) is 18.1 Å². The Labute approximate surface area is 76.4 Å². The number of rotatable bonds is 2. The van der Waals surface area contributed by atoms with Crippen LogP contribution in [0.4, 0.5) is 0 Å². The molecule has 0 bridgehead atoms. The van der Waals surface area contributed by atoms with Crippen LogP contribution in [-0.2, 0) is 0 Å². The summed E-state index contributed by atoms with van der Waals surface area (Å²) in [7, 11) is -0.816. The Bertz CT molecular complexity index is 238. The van der Waals surface area contributed by atoms with Gasteiger partial charge in [0.25, 0.3) is 0 Å². The summed E-state index contributed by atoms with van der Waals surface area (Å²) in [5.74, 6) is 0. The standard InChI is InChI=1S/C11H18Si/c1-3-12(7-4-8-12)11-6-5-10(2)9-11/h5,9H,3-4,6-8H2,1-2H3. The molecule has 0 saturated carbocycles. The van der Waals surface area contributed by atoms with Gasteiger partial charge in [-0.15, -0.1) is 0 Å². The average molecular weight is 178 g/mol. The van der Waals surface area contributed by atoms with Crippen molar-refractivity contribution in [3.05, 3.63) is 22.9 Å². The highest BCUT2D eigenvalue weighted by atomic mass is 28.3. The van der Waals surface area contributed by atoms with Gasteiger partial charge in [0.2, 0.25) is 0 Å². The van der Waals surface area contributed by atoms with Crippen LogP contribution in [0.5, 0.6) is 0 Å². The van der Waals surface area contributed by atoms with E-state index in [9.17, 15) is 0 Å². The van der Waals surface area contributed by atoms with Gasteiger partial charge in [-0.25, -0.2) is 0 Å². The summed E-state index contributed by atoms with van der Waals surface area (Å²) in [5.41, 5.74) is 1.51. The topological polar surface area (TPSA) is 0 Å². The second-order valence-electron chi connectivity index (χ2n) is 4.31. The molecule has 1 heteroatoms. The van der Waals surface area contributed by atoms with Gasteiger partial charge < -0.3 is 0 Å². The van der Waals surface area contributed by atoms with Crippen molar-refractivity contribution in [1.29, 1.82) is 0 Å². The van der Waals surface area contributed by atoms with Crippen LogP contribution in [0.15, 0.2) is 22.9 Å². The first-order valence-electron chi connectivity index (χ1n) is 5.15. The molecule has 0 aromatic rings. The fourth-order valence-electron chi connectivity index (χ4n) is 2.54. The van der Waals surface area contributed by atoms with Crippen LogP contribution in [0.1, 0.15) is 26.7 Å². The van der Waals surface area contributed by atoms with E-state index in [1.54, 1.807) is 12.1 Å². The smallest absolute Gasteiger partial charge is 0.0779 e. The molecule has 1 aliphatic heterocycles. The lowest BCUT2D eigenvalue weighted by Gasteiger charge is -2.40. The summed E-state index contributed by atoms with van der Waals surface area (Å²) >= 11 is 0.